The molecule has 1 aliphatic carbocycles. The Morgan fingerprint density at radius 1 is 1.44 bits per heavy atom. The minimum atomic E-state index is -0.182. The molecule has 0 aliphatic heterocycles. The summed E-state index contributed by atoms with van der Waals surface area (Å²) in [5, 5.41) is 0. The third-order valence-electron chi connectivity index (χ3n) is 4.40. The van der Waals surface area contributed by atoms with Gasteiger partial charge in [-0.1, -0.05) is 13.3 Å². The summed E-state index contributed by atoms with van der Waals surface area (Å²) in [5.74, 6) is 0.519. The molecule has 2 nitrogen and oxygen atoms in total. The number of hydrogen-bond acceptors (Lipinski definition) is 2. The molecule has 2 N–H and O–H groups in total. The Morgan fingerprint density at radius 3 is 2.50 bits per heavy atom. The van der Waals surface area contributed by atoms with Crippen LogP contribution in [0.2, 0.25) is 0 Å². The summed E-state index contributed by atoms with van der Waals surface area (Å²) in [6.07, 6.45) is 4.14. The predicted molar refractivity (Wildman–Crippen MR) is 71.7 cm³/mol. The van der Waals surface area contributed by atoms with Crippen LogP contribution in [0, 0.1) is 12.7 Å². The van der Waals surface area contributed by atoms with Gasteiger partial charge in [0.1, 0.15) is 11.6 Å². The Balaban J connectivity index is 2.63. The molecule has 1 fully saturated rings. The molecule has 0 amide bonds. The maximum atomic E-state index is 14.0. The predicted octanol–water partition coefficient (Wildman–Crippen LogP) is 3.09. The van der Waals surface area contributed by atoms with Crippen molar-refractivity contribution in [2.75, 3.05) is 13.7 Å². The second-order valence-corrected chi connectivity index (χ2v) is 5.23. The van der Waals surface area contributed by atoms with Crippen molar-refractivity contribution < 1.29 is 9.13 Å². The second-order valence-electron chi connectivity index (χ2n) is 5.23. The average molecular weight is 251 g/mol. The van der Waals surface area contributed by atoms with Gasteiger partial charge in [-0.3, -0.25) is 0 Å². The summed E-state index contributed by atoms with van der Waals surface area (Å²) >= 11 is 0. The summed E-state index contributed by atoms with van der Waals surface area (Å²) < 4.78 is 19.5. The van der Waals surface area contributed by atoms with Crippen LogP contribution in [0.25, 0.3) is 0 Å². The molecule has 0 saturated heterocycles. The summed E-state index contributed by atoms with van der Waals surface area (Å²) in [4.78, 5) is 0. The maximum absolute atomic E-state index is 14.0. The Morgan fingerprint density at radius 2 is 2.11 bits per heavy atom. The molecule has 2 rings (SSSR count). The van der Waals surface area contributed by atoms with Gasteiger partial charge in [0.05, 0.1) is 7.11 Å². The van der Waals surface area contributed by atoms with E-state index >= 15 is 0 Å². The largest absolute Gasteiger partial charge is 0.496 e. The molecule has 0 atom stereocenters. The lowest BCUT2D eigenvalue weighted by Gasteiger charge is -2.43. The van der Waals surface area contributed by atoms with E-state index in [1.807, 2.05) is 0 Å². The summed E-state index contributed by atoms with van der Waals surface area (Å²) in [6.45, 7) is 4.44. The number of nitrogens with two attached hydrogens (primary N) is 1. The highest BCUT2D eigenvalue weighted by Gasteiger charge is 2.40. The molecule has 1 aromatic rings. The van der Waals surface area contributed by atoms with Crippen LogP contribution in [0.3, 0.4) is 0 Å². The Bertz CT molecular complexity index is 447. The van der Waals surface area contributed by atoms with E-state index in [9.17, 15) is 4.39 Å². The van der Waals surface area contributed by atoms with Crippen LogP contribution in [0.5, 0.6) is 5.75 Å². The van der Waals surface area contributed by atoms with Gasteiger partial charge in [-0.2, -0.15) is 0 Å². The van der Waals surface area contributed by atoms with Gasteiger partial charge in [0.15, 0.2) is 0 Å². The number of hydrogen-bond donors (Lipinski definition) is 1. The Kier molecular flexibility index (Phi) is 3.62. The fraction of sp³-hybridized carbons (Fsp3) is 0.600. The molecule has 18 heavy (non-hydrogen) atoms. The molecule has 3 heteroatoms. The molecule has 1 aliphatic rings. The van der Waals surface area contributed by atoms with Gasteiger partial charge in [0, 0.05) is 17.5 Å². The fourth-order valence-electron chi connectivity index (χ4n) is 3.07. The van der Waals surface area contributed by atoms with Crippen molar-refractivity contribution in [2.24, 2.45) is 5.73 Å². The zero-order chi connectivity index (χ0) is 13.3. The number of rotatable bonds is 4. The van der Waals surface area contributed by atoms with Crippen molar-refractivity contribution in [3.05, 3.63) is 28.6 Å². The lowest BCUT2D eigenvalue weighted by atomic mass is 9.63. The monoisotopic (exact) mass is 251 g/mol. The first-order valence-electron chi connectivity index (χ1n) is 6.66. The van der Waals surface area contributed by atoms with Crippen LogP contribution in [0.4, 0.5) is 4.39 Å². The molecule has 0 aromatic heterocycles. The van der Waals surface area contributed by atoms with E-state index < -0.39 is 0 Å². The highest BCUT2D eigenvalue weighted by molar-refractivity contribution is 5.50. The average Bonchev–Trinajstić information content (AvgIpc) is 2.32. The minimum absolute atomic E-state index is 0.0207. The normalized spacial score (nSPS) is 17.4. The molecule has 100 valence electrons. The number of benzene rings is 1. The van der Waals surface area contributed by atoms with Crippen LogP contribution < -0.4 is 10.5 Å². The smallest absolute Gasteiger partial charge is 0.130 e. The van der Waals surface area contributed by atoms with Crippen LogP contribution >= 0.6 is 0 Å². The van der Waals surface area contributed by atoms with Crippen LogP contribution in [-0.2, 0) is 11.8 Å². The van der Waals surface area contributed by atoms with Crippen molar-refractivity contribution in [1.82, 2.24) is 0 Å². The molecule has 0 heterocycles. The van der Waals surface area contributed by atoms with E-state index in [4.69, 9.17) is 10.5 Å². The maximum Gasteiger partial charge on any atom is 0.130 e. The first-order valence-corrected chi connectivity index (χ1v) is 6.66. The molecule has 0 bridgehead atoms. The van der Waals surface area contributed by atoms with E-state index in [1.54, 1.807) is 20.1 Å². The highest BCUT2D eigenvalue weighted by atomic mass is 19.1. The van der Waals surface area contributed by atoms with Gasteiger partial charge in [0.25, 0.3) is 0 Å². The van der Waals surface area contributed by atoms with E-state index in [2.05, 4.69) is 6.92 Å². The third-order valence-corrected chi connectivity index (χ3v) is 4.40. The number of ether oxygens (including phenoxy) is 1. The Labute approximate surface area is 108 Å². The van der Waals surface area contributed by atoms with Crippen LogP contribution in [0.1, 0.15) is 42.9 Å². The van der Waals surface area contributed by atoms with Crippen molar-refractivity contribution in [3.63, 3.8) is 0 Å². The molecule has 1 aromatic carbocycles. The van der Waals surface area contributed by atoms with Crippen LogP contribution in [0.15, 0.2) is 6.07 Å². The second kappa shape index (κ2) is 4.88. The third kappa shape index (κ3) is 1.81. The van der Waals surface area contributed by atoms with Crippen molar-refractivity contribution in [3.8, 4) is 5.75 Å². The Hall–Kier alpha value is -1.09. The first kappa shape index (κ1) is 13.3. The van der Waals surface area contributed by atoms with Gasteiger partial charge >= 0.3 is 0 Å². The first-order chi connectivity index (χ1) is 8.59. The van der Waals surface area contributed by atoms with E-state index in [0.717, 1.165) is 30.4 Å². The topological polar surface area (TPSA) is 35.2 Å². The summed E-state index contributed by atoms with van der Waals surface area (Å²) in [6, 6.07) is 1.68. The molecule has 1 saturated carbocycles. The van der Waals surface area contributed by atoms with E-state index in [-0.39, 0.29) is 11.2 Å². The van der Waals surface area contributed by atoms with Crippen molar-refractivity contribution in [2.45, 2.75) is 44.9 Å². The van der Waals surface area contributed by atoms with Crippen LogP contribution in [-0.4, -0.2) is 13.7 Å². The molecular formula is C15H22FNO. The minimum Gasteiger partial charge on any atom is -0.496 e. The van der Waals surface area contributed by atoms with E-state index in [1.165, 1.54) is 6.42 Å². The summed E-state index contributed by atoms with van der Waals surface area (Å²) in [7, 11) is 1.61. The quantitative estimate of drug-likeness (QED) is 0.892. The fourth-order valence-corrected chi connectivity index (χ4v) is 3.07. The molecular weight excluding hydrogens is 229 g/mol. The van der Waals surface area contributed by atoms with Crippen molar-refractivity contribution in [1.29, 1.82) is 0 Å². The van der Waals surface area contributed by atoms with Gasteiger partial charge in [-0.25, -0.2) is 4.39 Å². The van der Waals surface area contributed by atoms with Crippen molar-refractivity contribution >= 4 is 0 Å². The standard InChI is InChI=1S/C15H22FNO/c1-4-11-12(15(9-17)6-5-7-15)8-13(16)10(2)14(11)18-3/h8H,4-7,9,17H2,1-3H3. The van der Waals surface area contributed by atoms with Gasteiger partial charge < -0.3 is 10.5 Å². The number of methoxy groups -OCH3 is 1. The highest BCUT2D eigenvalue weighted by Crippen LogP contribution is 2.47. The van der Waals surface area contributed by atoms with Gasteiger partial charge in [0.2, 0.25) is 0 Å². The number of halogens is 1. The molecule has 0 unspecified atom stereocenters. The molecule has 0 radical (unpaired) electrons. The van der Waals surface area contributed by atoms with E-state index in [0.29, 0.717) is 17.9 Å². The zero-order valence-corrected chi connectivity index (χ0v) is 11.5. The zero-order valence-electron chi connectivity index (χ0n) is 11.5. The lowest BCUT2D eigenvalue weighted by molar-refractivity contribution is 0.249. The summed E-state index contributed by atoms with van der Waals surface area (Å²) in [5.41, 5.74) is 8.72. The SMILES string of the molecule is CCc1c(C2(CN)CCC2)cc(F)c(C)c1OC. The molecule has 0 spiro atoms. The van der Waals surface area contributed by atoms with Gasteiger partial charge in [-0.05, 0) is 43.4 Å². The lowest BCUT2D eigenvalue weighted by Crippen LogP contribution is -2.42. The van der Waals surface area contributed by atoms with Gasteiger partial charge in [-0.15, -0.1) is 0 Å².